The maximum absolute atomic E-state index is 11.9. The van der Waals surface area contributed by atoms with Gasteiger partial charge in [-0.05, 0) is 25.0 Å². The summed E-state index contributed by atoms with van der Waals surface area (Å²) in [4.78, 5) is 25.2. The lowest BCUT2D eigenvalue weighted by Gasteiger charge is -2.17. The van der Waals surface area contributed by atoms with Crippen LogP contribution >= 0.6 is 11.6 Å². The van der Waals surface area contributed by atoms with Crippen LogP contribution in [0, 0.1) is 0 Å². The number of amides is 1. The molecule has 1 saturated carbocycles. The number of benzene rings is 1. The van der Waals surface area contributed by atoms with Crippen LogP contribution in [0.1, 0.15) is 23.2 Å². The number of rotatable bonds is 4. The summed E-state index contributed by atoms with van der Waals surface area (Å²) in [5.41, 5.74) is 0.977. The number of nitrogens with zero attached hydrogens (tertiary/aromatic N) is 1. The summed E-state index contributed by atoms with van der Waals surface area (Å²) in [5.74, 6) is -0.936. The first-order valence-electron chi connectivity index (χ1n) is 6.06. The Morgan fingerprint density at radius 3 is 2.83 bits per heavy atom. The third-order valence-corrected chi connectivity index (χ3v) is 3.59. The van der Waals surface area contributed by atoms with Crippen molar-refractivity contribution >= 4 is 29.0 Å². The molecule has 1 aliphatic heterocycles. The number of hydrogen-bond donors (Lipinski definition) is 1. The van der Waals surface area contributed by atoms with Crippen molar-refractivity contribution in [1.82, 2.24) is 5.32 Å². The molecule has 1 N–H and O–H groups in total. The van der Waals surface area contributed by atoms with E-state index >= 15 is 0 Å². The second-order valence-corrected chi connectivity index (χ2v) is 5.06. The van der Waals surface area contributed by atoms with Gasteiger partial charge in [0.15, 0.2) is 0 Å². The Morgan fingerprint density at radius 2 is 2.11 bits per heavy atom. The number of fused-ring (bicyclic) bond motifs is 1. The van der Waals surface area contributed by atoms with Crippen LogP contribution in [0.15, 0.2) is 18.2 Å². The van der Waals surface area contributed by atoms with Crippen molar-refractivity contribution < 1.29 is 9.59 Å². The van der Waals surface area contributed by atoms with Crippen molar-refractivity contribution in [3.05, 3.63) is 28.8 Å². The molecule has 18 heavy (non-hydrogen) atoms. The van der Waals surface area contributed by atoms with E-state index in [4.69, 9.17) is 11.6 Å². The van der Waals surface area contributed by atoms with Crippen molar-refractivity contribution in [3.63, 3.8) is 0 Å². The minimum Gasteiger partial charge on any atom is -0.312 e. The monoisotopic (exact) mass is 264 g/mol. The number of ketones is 1. The van der Waals surface area contributed by atoms with E-state index in [1.165, 1.54) is 17.7 Å². The lowest BCUT2D eigenvalue weighted by Crippen LogP contribution is -2.36. The van der Waals surface area contributed by atoms with Crippen molar-refractivity contribution in [2.45, 2.75) is 18.9 Å². The van der Waals surface area contributed by atoms with Crippen molar-refractivity contribution in [2.75, 3.05) is 18.0 Å². The topological polar surface area (TPSA) is 49.4 Å². The molecule has 3 rings (SSSR count). The lowest BCUT2D eigenvalue weighted by molar-refractivity contribution is -0.114. The Bertz CT molecular complexity index is 526. The molecule has 0 spiro atoms. The van der Waals surface area contributed by atoms with Gasteiger partial charge in [-0.3, -0.25) is 9.59 Å². The highest BCUT2D eigenvalue weighted by Crippen LogP contribution is 2.35. The van der Waals surface area contributed by atoms with Gasteiger partial charge in [0.1, 0.15) is 0 Å². The third-order valence-electron chi connectivity index (χ3n) is 3.29. The summed E-state index contributed by atoms with van der Waals surface area (Å²) in [6.07, 6.45) is 2.40. The molecule has 0 unspecified atom stereocenters. The zero-order chi connectivity index (χ0) is 12.7. The maximum atomic E-state index is 11.9. The number of hydrogen-bond acceptors (Lipinski definition) is 3. The second kappa shape index (κ2) is 4.37. The Morgan fingerprint density at radius 1 is 1.33 bits per heavy atom. The van der Waals surface area contributed by atoms with Crippen LogP contribution in [-0.2, 0) is 4.79 Å². The molecule has 4 nitrogen and oxygen atoms in total. The smallest absolute Gasteiger partial charge is 0.299 e. The Hall–Kier alpha value is -1.39. The van der Waals surface area contributed by atoms with E-state index in [9.17, 15) is 9.59 Å². The molecule has 0 radical (unpaired) electrons. The maximum Gasteiger partial charge on any atom is 0.299 e. The van der Waals surface area contributed by atoms with Gasteiger partial charge in [0.05, 0.1) is 16.3 Å². The fraction of sp³-hybridized carbons (Fsp3) is 0.385. The molecule has 1 amide bonds. The molecule has 1 fully saturated rings. The average molecular weight is 265 g/mol. The van der Waals surface area contributed by atoms with Crippen LogP contribution in [0.25, 0.3) is 0 Å². The highest BCUT2D eigenvalue weighted by molar-refractivity contribution is 6.54. The first-order chi connectivity index (χ1) is 8.68. The van der Waals surface area contributed by atoms with Gasteiger partial charge in [-0.1, -0.05) is 17.7 Å². The molecule has 0 bridgehead atoms. The van der Waals surface area contributed by atoms with Crippen LogP contribution in [-0.4, -0.2) is 30.8 Å². The number of halogens is 1. The van der Waals surface area contributed by atoms with Gasteiger partial charge in [0, 0.05) is 19.1 Å². The van der Waals surface area contributed by atoms with E-state index < -0.39 is 11.7 Å². The molecule has 94 valence electrons. The number of Topliss-reactive ketones (excluding diaryl/α,β-unsaturated/α-hetero) is 1. The standard InChI is InChI=1S/C13H13ClN2O2/c14-10-3-1-2-9-11(10)16(13(18)12(9)17)7-6-15-8-4-5-8/h1-3,8,15H,4-7H2. The summed E-state index contributed by atoms with van der Waals surface area (Å²) in [6, 6.07) is 5.63. The molecule has 1 aliphatic carbocycles. The van der Waals surface area contributed by atoms with Gasteiger partial charge >= 0.3 is 0 Å². The number of nitrogens with one attached hydrogen (secondary N) is 1. The van der Waals surface area contributed by atoms with Gasteiger partial charge in [-0.15, -0.1) is 0 Å². The zero-order valence-corrected chi connectivity index (χ0v) is 10.5. The summed E-state index contributed by atoms with van der Waals surface area (Å²) >= 11 is 6.08. The fourth-order valence-electron chi connectivity index (χ4n) is 2.19. The molecule has 1 aromatic rings. The van der Waals surface area contributed by atoms with E-state index in [1.807, 2.05) is 0 Å². The van der Waals surface area contributed by atoms with Gasteiger partial charge in [-0.25, -0.2) is 0 Å². The van der Waals surface area contributed by atoms with Gasteiger partial charge in [-0.2, -0.15) is 0 Å². The summed E-state index contributed by atoms with van der Waals surface area (Å²) in [6.45, 7) is 1.17. The molecule has 0 saturated heterocycles. The van der Waals surface area contributed by atoms with E-state index in [-0.39, 0.29) is 0 Å². The van der Waals surface area contributed by atoms with Crippen molar-refractivity contribution in [3.8, 4) is 0 Å². The Balaban J connectivity index is 1.81. The van der Waals surface area contributed by atoms with Gasteiger partial charge in [0.2, 0.25) is 0 Å². The summed E-state index contributed by atoms with van der Waals surface area (Å²) < 4.78 is 0. The number of carbonyl (C=O) groups is 2. The van der Waals surface area contributed by atoms with Crippen LogP contribution in [0.4, 0.5) is 5.69 Å². The van der Waals surface area contributed by atoms with Crippen LogP contribution < -0.4 is 10.2 Å². The number of anilines is 1. The minimum absolute atomic E-state index is 0.416. The molecule has 2 aliphatic rings. The molecule has 5 heteroatoms. The van der Waals surface area contributed by atoms with E-state index in [2.05, 4.69) is 5.32 Å². The zero-order valence-electron chi connectivity index (χ0n) is 9.78. The van der Waals surface area contributed by atoms with E-state index in [1.54, 1.807) is 18.2 Å². The molecular formula is C13H13ClN2O2. The predicted octanol–water partition coefficient (Wildman–Crippen LogP) is 1.62. The number of para-hydroxylation sites is 1. The Labute approximate surface area is 110 Å². The molecule has 1 aromatic carbocycles. The highest BCUT2D eigenvalue weighted by atomic mass is 35.5. The molecule has 1 heterocycles. The summed E-state index contributed by atoms with van der Waals surface area (Å²) in [7, 11) is 0. The van der Waals surface area contributed by atoms with E-state index in [0.29, 0.717) is 35.4 Å². The van der Waals surface area contributed by atoms with Crippen LogP contribution in [0.2, 0.25) is 5.02 Å². The van der Waals surface area contributed by atoms with Crippen LogP contribution in [0.5, 0.6) is 0 Å². The van der Waals surface area contributed by atoms with Crippen LogP contribution in [0.3, 0.4) is 0 Å². The lowest BCUT2D eigenvalue weighted by atomic mass is 10.1. The first kappa shape index (κ1) is 11.7. The fourth-order valence-corrected chi connectivity index (χ4v) is 2.47. The summed E-state index contributed by atoms with van der Waals surface area (Å²) in [5, 5.41) is 3.78. The SMILES string of the molecule is O=C1C(=O)N(CCNC2CC2)c2c(Cl)cccc21. The van der Waals surface area contributed by atoms with Gasteiger partial charge in [0.25, 0.3) is 11.7 Å². The average Bonchev–Trinajstić information content (AvgIpc) is 3.14. The molecule has 0 aromatic heterocycles. The van der Waals surface area contributed by atoms with Crippen molar-refractivity contribution in [1.29, 1.82) is 0 Å². The van der Waals surface area contributed by atoms with Gasteiger partial charge < -0.3 is 10.2 Å². The largest absolute Gasteiger partial charge is 0.312 e. The highest BCUT2D eigenvalue weighted by Gasteiger charge is 2.37. The second-order valence-electron chi connectivity index (χ2n) is 4.65. The predicted molar refractivity (Wildman–Crippen MR) is 69.2 cm³/mol. The minimum atomic E-state index is -0.476. The number of carbonyl (C=O) groups excluding carboxylic acids is 2. The third kappa shape index (κ3) is 1.91. The Kier molecular flexibility index (Phi) is 2.84. The normalized spacial score (nSPS) is 18.4. The first-order valence-corrected chi connectivity index (χ1v) is 6.44. The quantitative estimate of drug-likeness (QED) is 0.841. The molecular weight excluding hydrogens is 252 g/mol. The van der Waals surface area contributed by atoms with Crippen molar-refractivity contribution in [2.24, 2.45) is 0 Å². The molecule has 0 atom stereocenters. The van der Waals surface area contributed by atoms with E-state index in [0.717, 1.165) is 0 Å².